The Morgan fingerprint density at radius 2 is 2.00 bits per heavy atom. The molecule has 2 N–H and O–H groups in total. The Morgan fingerprint density at radius 3 is 2.74 bits per heavy atom. The summed E-state index contributed by atoms with van der Waals surface area (Å²) in [6.45, 7) is 2.50. The van der Waals surface area contributed by atoms with Crippen LogP contribution in [0.4, 0.5) is 10.2 Å². The Bertz CT molecular complexity index is 1710. The molecule has 202 valence electrons. The van der Waals surface area contributed by atoms with E-state index >= 15 is 0 Å². The van der Waals surface area contributed by atoms with Gasteiger partial charge >= 0.3 is 0 Å². The van der Waals surface area contributed by atoms with Crippen molar-refractivity contribution in [3.63, 3.8) is 0 Å². The molecule has 2 atom stereocenters. The Balaban J connectivity index is 1.38. The van der Waals surface area contributed by atoms with Crippen molar-refractivity contribution in [3.8, 4) is 11.4 Å². The van der Waals surface area contributed by atoms with Crippen LogP contribution in [0.1, 0.15) is 37.7 Å². The van der Waals surface area contributed by atoms with Gasteiger partial charge in [0.15, 0.2) is 23.1 Å². The zero-order valence-corrected chi connectivity index (χ0v) is 22.7. The Hall–Kier alpha value is -3.57. The molecule has 2 fully saturated rings. The lowest BCUT2D eigenvalue weighted by molar-refractivity contribution is -0.119. The maximum atomic E-state index is 14.9. The van der Waals surface area contributed by atoms with Crippen molar-refractivity contribution in [3.05, 3.63) is 65.3 Å². The molecule has 1 spiro atoms. The quantitative estimate of drug-likeness (QED) is 0.358. The zero-order chi connectivity index (χ0) is 27.4. The maximum absolute atomic E-state index is 14.9. The van der Waals surface area contributed by atoms with Gasteiger partial charge in [0.05, 0.1) is 16.1 Å². The first kappa shape index (κ1) is 25.7. The van der Waals surface area contributed by atoms with E-state index in [9.17, 15) is 17.6 Å². The molecule has 1 saturated heterocycles. The first-order valence-electron chi connectivity index (χ1n) is 12.7. The third-order valence-corrected chi connectivity index (χ3v) is 9.49. The highest BCUT2D eigenvalue weighted by atomic mass is 35.5. The van der Waals surface area contributed by atoms with E-state index in [2.05, 4.69) is 25.6 Å². The number of halogens is 2. The van der Waals surface area contributed by atoms with Gasteiger partial charge in [-0.1, -0.05) is 35.7 Å². The number of fused-ring (bicyclic) bond motifs is 1. The second-order valence-electron chi connectivity index (χ2n) is 10.5. The summed E-state index contributed by atoms with van der Waals surface area (Å²) in [5.41, 5.74) is 1.31. The van der Waals surface area contributed by atoms with Crippen LogP contribution in [0.25, 0.3) is 22.4 Å². The fourth-order valence-electron chi connectivity index (χ4n) is 5.68. The number of anilines is 1. The molecular weight excluding hydrogens is 543 g/mol. The van der Waals surface area contributed by atoms with Gasteiger partial charge in [-0.25, -0.2) is 31.7 Å². The first-order chi connectivity index (χ1) is 18.6. The van der Waals surface area contributed by atoms with Gasteiger partial charge in [-0.05, 0) is 49.8 Å². The standard InChI is InChI=1S/C27H26ClFN6O3S/c1-16-4-6-19(7-5-16)39(37,38)35-14-21(20-9-17(28)12-31-26(20)35)24-30-13-22(29)25(34-24)33-18-3-2-8-27(10-18)11-23(36)32-15-27/h4-7,9,12-14,18H,2-3,8,10-11,15H2,1H3,(H,32,36)(H,30,33,34). The van der Waals surface area contributed by atoms with E-state index in [-0.39, 0.29) is 39.5 Å². The molecule has 12 heteroatoms. The van der Waals surface area contributed by atoms with Crippen molar-refractivity contribution in [1.29, 1.82) is 0 Å². The number of benzene rings is 1. The molecule has 0 bridgehead atoms. The van der Waals surface area contributed by atoms with Crippen LogP contribution in [0.15, 0.2) is 53.8 Å². The largest absolute Gasteiger partial charge is 0.365 e. The lowest BCUT2D eigenvalue weighted by Gasteiger charge is -2.37. The number of rotatable bonds is 5. The van der Waals surface area contributed by atoms with Crippen LogP contribution in [0.3, 0.4) is 0 Å². The number of hydrogen-bond donors (Lipinski definition) is 2. The van der Waals surface area contributed by atoms with Gasteiger partial charge in [0, 0.05) is 42.4 Å². The van der Waals surface area contributed by atoms with Crippen LogP contribution in [0.2, 0.25) is 5.02 Å². The van der Waals surface area contributed by atoms with Crippen LogP contribution in [0, 0.1) is 18.2 Å². The van der Waals surface area contributed by atoms with Crippen LogP contribution in [-0.2, 0) is 14.8 Å². The first-order valence-corrected chi connectivity index (χ1v) is 14.5. The van der Waals surface area contributed by atoms with Gasteiger partial charge in [0.2, 0.25) is 5.91 Å². The Kier molecular flexibility index (Phi) is 6.30. The van der Waals surface area contributed by atoms with Crippen molar-refractivity contribution in [2.75, 3.05) is 11.9 Å². The van der Waals surface area contributed by atoms with E-state index in [1.807, 2.05) is 6.92 Å². The number of nitrogens with one attached hydrogen (secondary N) is 2. The molecule has 39 heavy (non-hydrogen) atoms. The number of nitrogens with zero attached hydrogens (tertiary/aromatic N) is 4. The third-order valence-electron chi connectivity index (χ3n) is 7.62. The summed E-state index contributed by atoms with van der Waals surface area (Å²) in [7, 11) is -4.01. The van der Waals surface area contributed by atoms with Crippen molar-refractivity contribution < 1.29 is 17.6 Å². The fourth-order valence-corrected chi connectivity index (χ4v) is 7.16. The average Bonchev–Trinajstić information content (AvgIpc) is 3.46. The van der Waals surface area contributed by atoms with Crippen LogP contribution in [0.5, 0.6) is 0 Å². The van der Waals surface area contributed by atoms with Crippen LogP contribution < -0.4 is 10.6 Å². The number of carbonyl (C=O) groups excluding carboxylic acids is 1. The average molecular weight is 569 g/mol. The highest BCUT2D eigenvalue weighted by Crippen LogP contribution is 2.42. The van der Waals surface area contributed by atoms with Gasteiger partial charge in [-0.2, -0.15) is 0 Å². The summed E-state index contributed by atoms with van der Waals surface area (Å²) in [6, 6.07) is 8.04. The van der Waals surface area contributed by atoms with Crippen molar-refractivity contribution in [1.82, 2.24) is 24.2 Å². The predicted octanol–water partition coefficient (Wildman–Crippen LogP) is 4.69. The molecular formula is C27H26ClFN6O3S. The number of pyridine rings is 1. The lowest BCUT2D eigenvalue weighted by Crippen LogP contribution is -2.37. The van der Waals surface area contributed by atoms with Crippen LogP contribution in [-0.4, -0.2) is 45.8 Å². The molecule has 2 unspecified atom stereocenters. The summed E-state index contributed by atoms with van der Waals surface area (Å²) in [6.07, 6.45) is 7.72. The summed E-state index contributed by atoms with van der Waals surface area (Å²) in [4.78, 5) is 24.9. The second-order valence-corrected chi connectivity index (χ2v) is 12.7. The number of hydrogen-bond acceptors (Lipinski definition) is 7. The molecule has 1 saturated carbocycles. The van der Waals surface area contributed by atoms with E-state index in [1.54, 1.807) is 18.2 Å². The maximum Gasteiger partial charge on any atom is 0.269 e. The number of carbonyl (C=O) groups is 1. The zero-order valence-electron chi connectivity index (χ0n) is 21.1. The minimum atomic E-state index is -4.01. The number of aromatic nitrogens is 4. The van der Waals surface area contributed by atoms with E-state index in [1.165, 1.54) is 24.5 Å². The molecule has 2 aliphatic rings. The summed E-state index contributed by atoms with van der Waals surface area (Å²) in [5.74, 6) is -0.410. The second kappa shape index (κ2) is 9.56. The van der Waals surface area contributed by atoms with E-state index in [0.29, 0.717) is 28.9 Å². The Labute approximate surface area is 229 Å². The topological polar surface area (TPSA) is 119 Å². The van der Waals surface area contributed by atoms with Crippen molar-refractivity contribution >= 4 is 44.4 Å². The van der Waals surface area contributed by atoms with Crippen molar-refractivity contribution in [2.45, 2.75) is 50.0 Å². The van der Waals surface area contributed by atoms with Gasteiger partial charge in [0.25, 0.3) is 10.0 Å². The fraction of sp³-hybridized carbons (Fsp3) is 0.333. The molecule has 1 aromatic carbocycles. The van der Waals surface area contributed by atoms with Crippen molar-refractivity contribution in [2.24, 2.45) is 5.41 Å². The number of aryl methyl sites for hydroxylation is 1. The van der Waals surface area contributed by atoms with Gasteiger partial charge in [-0.3, -0.25) is 4.79 Å². The van der Waals surface area contributed by atoms with Gasteiger partial charge in [-0.15, -0.1) is 0 Å². The molecule has 0 radical (unpaired) electrons. The molecule has 6 rings (SSSR count). The minimum absolute atomic E-state index is 0.0246. The molecule has 3 aromatic heterocycles. The molecule has 4 heterocycles. The summed E-state index contributed by atoms with van der Waals surface area (Å²) < 4.78 is 43.1. The van der Waals surface area contributed by atoms with Gasteiger partial charge < -0.3 is 10.6 Å². The van der Waals surface area contributed by atoms with E-state index in [0.717, 1.165) is 41.4 Å². The smallest absolute Gasteiger partial charge is 0.269 e. The highest BCUT2D eigenvalue weighted by molar-refractivity contribution is 7.90. The lowest BCUT2D eigenvalue weighted by atomic mass is 9.71. The summed E-state index contributed by atoms with van der Waals surface area (Å²) >= 11 is 6.23. The molecule has 9 nitrogen and oxygen atoms in total. The highest BCUT2D eigenvalue weighted by Gasteiger charge is 2.42. The number of amides is 1. The van der Waals surface area contributed by atoms with E-state index in [4.69, 9.17) is 11.6 Å². The van der Waals surface area contributed by atoms with Gasteiger partial charge in [0.1, 0.15) is 0 Å². The SMILES string of the molecule is Cc1ccc(S(=O)(=O)n2cc(-c3ncc(F)c(NC4CCCC5(CNC(=O)C5)C4)n3)c3cc(Cl)cnc32)cc1. The predicted molar refractivity (Wildman–Crippen MR) is 145 cm³/mol. The summed E-state index contributed by atoms with van der Waals surface area (Å²) in [5, 5.41) is 6.87. The molecule has 4 aromatic rings. The molecule has 1 amide bonds. The minimum Gasteiger partial charge on any atom is -0.365 e. The normalized spacial score (nSPS) is 21.4. The van der Waals surface area contributed by atoms with Crippen LogP contribution >= 0.6 is 11.6 Å². The molecule has 1 aliphatic heterocycles. The van der Waals surface area contributed by atoms with E-state index < -0.39 is 15.8 Å². The Morgan fingerprint density at radius 1 is 1.21 bits per heavy atom. The third kappa shape index (κ3) is 4.74. The monoisotopic (exact) mass is 568 g/mol. The molecule has 1 aliphatic carbocycles.